The lowest BCUT2D eigenvalue weighted by atomic mass is 10.0. The number of sulfonamides is 1. The largest absolute Gasteiger partial charge is 0.497 e. The molecule has 6 nitrogen and oxygen atoms in total. The molecule has 0 radical (unpaired) electrons. The minimum Gasteiger partial charge on any atom is -0.497 e. The van der Waals surface area contributed by atoms with E-state index in [9.17, 15) is 13.2 Å². The van der Waals surface area contributed by atoms with Gasteiger partial charge in [-0.3, -0.25) is 4.79 Å². The average Bonchev–Trinajstić information content (AvgIpc) is 2.59. The van der Waals surface area contributed by atoms with Crippen LogP contribution in [0.4, 0.5) is 0 Å². The number of benzene rings is 2. The van der Waals surface area contributed by atoms with Crippen molar-refractivity contribution in [1.82, 2.24) is 9.71 Å². The highest BCUT2D eigenvalue weighted by Gasteiger charge is 2.18. The summed E-state index contributed by atoms with van der Waals surface area (Å²) in [5, 5.41) is 0.898. The van der Waals surface area contributed by atoms with E-state index >= 15 is 0 Å². The van der Waals surface area contributed by atoms with Crippen LogP contribution in [0, 0.1) is 20.8 Å². The second-order valence-electron chi connectivity index (χ2n) is 6.62. The fraction of sp³-hybridized carbons (Fsp3) is 0.250. The van der Waals surface area contributed by atoms with E-state index < -0.39 is 10.0 Å². The Morgan fingerprint density at radius 1 is 1.04 bits per heavy atom. The van der Waals surface area contributed by atoms with Crippen LogP contribution >= 0.6 is 0 Å². The summed E-state index contributed by atoms with van der Waals surface area (Å²) < 4.78 is 32.9. The Bertz CT molecular complexity index is 1180. The Morgan fingerprint density at radius 3 is 2.44 bits per heavy atom. The summed E-state index contributed by atoms with van der Waals surface area (Å²) in [6.07, 6.45) is 0. The molecule has 0 aliphatic heterocycles. The predicted octanol–water partition coefficient (Wildman–Crippen LogP) is 2.94. The summed E-state index contributed by atoms with van der Waals surface area (Å²) in [7, 11) is -2.23. The molecule has 142 valence electrons. The SMILES string of the molecule is COc1ccc(S(=O)(=O)NCc2cc3c(C)cc(C)cc3[nH]c2=O)c(C)c1. The van der Waals surface area contributed by atoms with Gasteiger partial charge in [-0.1, -0.05) is 6.07 Å². The standard InChI is InChI=1S/C20H22N2O4S/c1-12-7-13(2)17-10-15(20(23)22-18(17)8-12)11-21-27(24,25)19-6-5-16(26-4)9-14(19)3/h5-10,21H,11H2,1-4H3,(H,22,23). The first-order valence-corrected chi connectivity index (χ1v) is 9.97. The fourth-order valence-electron chi connectivity index (χ4n) is 3.15. The number of pyridine rings is 1. The summed E-state index contributed by atoms with van der Waals surface area (Å²) in [5.74, 6) is 0.586. The number of H-pyrrole nitrogens is 1. The molecule has 1 aromatic heterocycles. The highest BCUT2D eigenvalue weighted by molar-refractivity contribution is 7.89. The van der Waals surface area contributed by atoms with Crippen molar-refractivity contribution in [1.29, 1.82) is 0 Å². The van der Waals surface area contributed by atoms with Crippen LogP contribution in [0.15, 0.2) is 46.1 Å². The zero-order valence-corrected chi connectivity index (χ0v) is 16.5. The number of methoxy groups -OCH3 is 1. The van der Waals surface area contributed by atoms with Gasteiger partial charge in [0.25, 0.3) is 5.56 Å². The smallest absolute Gasteiger partial charge is 0.252 e. The molecule has 0 saturated carbocycles. The Hall–Kier alpha value is -2.64. The van der Waals surface area contributed by atoms with Crippen LogP contribution in [0.5, 0.6) is 5.75 Å². The van der Waals surface area contributed by atoms with E-state index in [0.717, 1.165) is 22.0 Å². The van der Waals surface area contributed by atoms with Gasteiger partial charge < -0.3 is 9.72 Å². The van der Waals surface area contributed by atoms with Crippen molar-refractivity contribution in [3.8, 4) is 5.75 Å². The van der Waals surface area contributed by atoms with Crippen molar-refractivity contribution < 1.29 is 13.2 Å². The van der Waals surface area contributed by atoms with Gasteiger partial charge in [0.2, 0.25) is 10.0 Å². The summed E-state index contributed by atoms with van der Waals surface area (Å²) in [6.45, 7) is 5.53. The third-order valence-electron chi connectivity index (χ3n) is 4.51. The van der Waals surface area contributed by atoms with Crippen LogP contribution in [0.1, 0.15) is 22.3 Å². The molecular formula is C20H22N2O4S. The van der Waals surface area contributed by atoms with Gasteiger partial charge in [0.15, 0.2) is 0 Å². The van der Waals surface area contributed by atoms with E-state index in [2.05, 4.69) is 9.71 Å². The van der Waals surface area contributed by atoms with Gasteiger partial charge in [0.1, 0.15) is 5.75 Å². The molecule has 0 fully saturated rings. The van der Waals surface area contributed by atoms with Crippen LogP contribution in [-0.4, -0.2) is 20.5 Å². The van der Waals surface area contributed by atoms with E-state index in [4.69, 9.17) is 4.74 Å². The number of aromatic nitrogens is 1. The number of ether oxygens (including phenoxy) is 1. The number of fused-ring (bicyclic) bond motifs is 1. The van der Waals surface area contributed by atoms with Gasteiger partial charge in [-0.25, -0.2) is 13.1 Å². The summed E-state index contributed by atoms with van der Waals surface area (Å²) in [6, 6.07) is 10.4. The molecule has 0 aliphatic rings. The van der Waals surface area contributed by atoms with Gasteiger partial charge >= 0.3 is 0 Å². The molecule has 3 aromatic rings. The number of hydrogen-bond acceptors (Lipinski definition) is 4. The van der Waals surface area contributed by atoms with E-state index in [0.29, 0.717) is 16.9 Å². The predicted molar refractivity (Wildman–Crippen MR) is 106 cm³/mol. The maximum Gasteiger partial charge on any atom is 0.252 e. The van der Waals surface area contributed by atoms with Gasteiger partial charge in [0.05, 0.1) is 12.0 Å². The van der Waals surface area contributed by atoms with Crippen molar-refractivity contribution in [3.63, 3.8) is 0 Å². The first kappa shape index (κ1) is 19.1. The highest BCUT2D eigenvalue weighted by Crippen LogP contribution is 2.22. The van der Waals surface area contributed by atoms with Crippen molar-refractivity contribution in [2.45, 2.75) is 32.2 Å². The average molecular weight is 386 g/mol. The highest BCUT2D eigenvalue weighted by atomic mass is 32.2. The molecule has 0 atom stereocenters. The minimum absolute atomic E-state index is 0.0909. The van der Waals surface area contributed by atoms with Crippen molar-refractivity contribution in [2.75, 3.05) is 7.11 Å². The molecule has 0 saturated heterocycles. The number of hydrogen-bond donors (Lipinski definition) is 2. The maximum absolute atomic E-state index is 12.6. The third kappa shape index (κ3) is 3.89. The zero-order valence-electron chi connectivity index (χ0n) is 15.7. The lowest BCUT2D eigenvalue weighted by Crippen LogP contribution is -2.27. The summed E-state index contributed by atoms with van der Waals surface area (Å²) in [5.41, 5.74) is 3.46. The molecule has 2 N–H and O–H groups in total. The molecule has 0 bridgehead atoms. The van der Waals surface area contributed by atoms with Crippen LogP contribution in [0.25, 0.3) is 10.9 Å². The van der Waals surface area contributed by atoms with E-state index in [-0.39, 0.29) is 17.0 Å². The molecule has 0 spiro atoms. The zero-order chi connectivity index (χ0) is 19.8. The molecule has 2 aromatic carbocycles. The molecule has 1 heterocycles. The summed E-state index contributed by atoms with van der Waals surface area (Å²) >= 11 is 0. The maximum atomic E-state index is 12.6. The van der Waals surface area contributed by atoms with Crippen LogP contribution in [0.2, 0.25) is 0 Å². The molecular weight excluding hydrogens is 364 g/mol. The number of aromatic amines is 1. The first-order valence-electron chi connectivity index (χ1n) is 8.49. The number of aryl methyl sites for hydroxylation is 3. The Kier molecular flexibility index (Phi) is 5.08. The Labute approximate surface area is 158 Å². The normalized spacial score (nSPS) is 11.7. The van der Waals surface area contributed by atoms with Crippen molar-refractivity contribution in [3.05, 3.63) is 69.0 Å². The monoisotopic (exact) mass is 386 g/mol. The number of nitrogens with one attached hydrogen (secondary N) is 2. The Balaban J connectivity index is 1.92. The lowest BCUT2D eigenvalue weighted by molar-refractivity contribution is 0.414. The quantitative estimate of drug-likeness (QED) is 0.706. The molecule has 0 aliphatic carbocycles. The molecule has 7 heteroatoms. The first-order chi connectivity index (χ1) is 12.7. The second kappa shape index (κ2) is 7.17. The minimum atomic E-state index is -3.76. The lowest BCUT2D eigenvalue weighted by Gasteiger charge is -2.11. The molecule has 3 rings (SSSR count). The van der Waals surface area contributed by atoms with Crippen LogP contribution < -0.4 is 15.0 Å². The fourth-order valence-corrected chi connectivity index (χ4v) is 4.38. The van der Waals surface area contributed by atoms with E-state index in [1.54, 1.807) is 25.1 Å². The van der Waals surface area contributed by atoms with Crippen LogP contribution in [-0.2, 0) is 16.6 Å². The second-order valence-corrected chi connectivity index (χ2v) is 8.36. The molecule has 27 heavy (non-hydrogen) atoms. The molecule has 0 amide bonds. The van der Waals surface area contributed by atoms with Crippen molar-refractivity contribution >= 4 is 20.9 Å². The summed E-state index contributed by atoms with van der Waals surface area (Å²) in [4.78, 5) is 15.3. The molecule has 0 unspecified atom stereocenters. The van der Waals surface area contributed by atoms with Gasteiger partial charge in [-0.2, -0.15) is 0 Å². The van der Waals surface area contributed by atoms with Crippen LogP contribution in [0.3, 0.4) is 0 Å². The van der Waals surface area contributed by atoms with Gasteiger partial charge in [-0.05, 0) is 67.8 Å². The Morgan fingerprint density at radius 2 is 1.78 bits per heavy atom. The van der Waals surface area contributed by atoms with Crippen molar-refractivity contribution in [2.24, 2.45) is 0 Å². The van der Waals surface area contributed by atoms with Gasteiger partial charge in [-0.15, -0.1) is 0 Å². The topological polar surface area (TPSA) is 88.3 Å². The third-order valence-corrected chi connectivity index (χ3v) is 6.08. The van der Waals surface area contributed by atoms with E-state index in [1.807, 2.05) is 26.0 Å². The van der Waals surface area contributed by atoms with Gasteiger partial charge in [0, 0.05) is 23.0 Å². The van der Waals surface area contributed by atoms with E-state index in [1.165, 1.54) is 13.2 Å². The number of rotatable bonds is 5.